The number of nitrogens with zero attached hydrogens (tertiary/aromatic N) is 1. The standard InChI is InChI=1S/C8H15N3OS/c1-6(2)10-8(13)11-4-3-9-7(12)5-11/h6H,3-5H2,1-2H3,(H,9,12)(H,10,13). The minimum atomic E-state index is 0.0409. The zero-order valence-corrected chi connectivity index (χ0v) is 8.78. The van der Waals surface area contributed by atoms with Crippen LogP contribution in [0.4, 0.5) is 0 Å². The van der Waals surface area contributed by atoms with Crippen molar-refractivity contribution in [1.82, 2.24) is 15.5 Å². The van der Waals surface area contributed by atoms with Crippen LogP contribution >= 0.6 is 12.2 Å². The van der Waals surface area contributed by atoms with Crippen molar-refractivity contribution in [2.45, 2.75) is 19.9 Å². The predicted molar refractivity (Wildman–Crippen MR) is 55.5 cm³/mol. The van der Waals surface area contributed by atoms with Gasteiger partial charge in [0.2, 0.25) is 5.91 Å². The Morgan fingerprint density at radius 1 is 1.69 bits per heavy atom. The van der Waals surface area contributed by atoms with Crippen LogP contribution in [0, 0.1) is 0 Å². The second-order valence-corrected chi connectivity index (χ2v) is 3.76. The van der Waals surface area contributed by atoms with Crippen LogP contribution in [0.2, 0.25) is 0 Å². The van der Waals surface area contributed by atoms with Gasteiger partial charge in [-0.25, -0.2) is 0 Å². The maximum atomic E-state index is 11.0. The lowest BCUT2D eigenvalue weighted by Crippen LogP contribution is -2.53. The van der Waals surface area contributed by atoms with Gasteiger partial charge in [-0.3, -0.25) is 4.79 Å². The third kappa shape index (κ3) is 3.18. The number of piperazine rings is 1. The number of thiocarbonyl (C=S) groups is 1. The monoisotopic (exact) mass is 201 g/mol. The van der Waals surface area contributed by atoms with Crippen molar-refractivity contribution in [3.8, 4) is 0 Å². The van der Waals surface area contributed by atoms with Gasteiger partial charge in [0.25, 0.3) is 0 Å². The minimum absolute atomic E-state index is 0.0409. The van der Waals surface area contributed by atoms with E-state index in [-0.39, 0.29) is 5.91 Å². The third-order valence-corrected chi connectivity index (χ3v) is 2.11. The lowest BCUT2D eigenvalue weighted by atomic mass is 10.3. The highest BCUT2D eigenvalue weighted by Crippen LogP contribution is 1.95. The van der Waals surface area contributed by atoms with Gasteiger partial charge < -0.3 is 15.5 Å². The first-order valence-corrected chi connectivity index (χ1v) is 4.82. The fourth-order valence-corrected chi connectivity index (χ4v) is 1.54. The lowest BCUT2D eigenvalue weighted by Gasteiger charge is -2.30. The number of hydrogen-bond acceptors (Lipinski definition) is 2. The summed E-state index contributed by atoms with van der Waals surface area (Å²) in [6.07, 6.45) is 0. The van der Waals surface area contributed by atoms with E-state index in [2.05, 4.69) is 10.6 Å². The Balaban J connectivity index is 2.41. The molecule has 0 unspecified atom stereocenters. The molecule has 4 nitrogen and oxygen atoms in total. The average molecular weight is 201 g/mol. The number of amides is 1. The highest BCUT2D eigenvalue weighted by molar-refractivity contribution is 7.80. The van der Waals surface area contributed by atoms with Crippen LogP contribution in [0.15, 0.2) is 0 Å². The Morgan fingerprint density at radius 2 is 2.38 bits per heavy atom. The summed E-state index contributed by atoms with van der Waals surface area (Å²) < 4.78 is 0. The highest BCUT2D eigenvalue weighted by atomic mass is 32.1. The first kappa shape index (κ1) is 10.2. The minimum Gasteiger partial charge on any atom is -0.360 e. The van der Waals surface area contributed by atoms with E-state index in [4.69, 9.17) is 12.2 Å². The average Bonchev–Trinajstić information content (AvgIpc) is 2.03. The van der Waals surface area contributed by atoms with Gasteiger partial charge in [0.15, 0.2) is 5.11 Å². The Morgan fingerprint density at radius 3 is 2.92 bits per heavy atom. The van der Waals surface area contributed by atoms with Crippen LogP contribution in [-0.4, -0.2) is 41.6 Å². The van der Waals surface area contributed by atoms with Crippen LogP contribution in [-0.2, 0) is 4.79 Å². The van der Waals surface area contributed by atoms with Gasteiger partial charge in [-0.05, 0) is 26.1 Å². The molecular weight excluding hydrogens is 186 g/mol. The zero-order chi connectivity index (χ0) is 9.84. The van der Waals surface area contributed by atoms with Gasteiger partial charge >= 0.3 is 0 Å². The molecule has 1 heterocycles. The largest absolute Gasteiger partial charge is 0.360 e. The van der Waals surface area contributed by atoms with Crippen molar-refractivity contribution in [3.05, 3.63) is 0 Å². The molecular formula is C8H15N3OS. The third-order valence-electron chi connectivity index (χ3n) is 1.74. The van der Waals surface area contributed by atoms with Gasteiger partial charge in [-0.15, -0.1) is 0 Å². The fraction of sp³-hybridized carbons (Fsp3) is 0.750. The van der Waals surface area contributed by atoms with E-state index in [0.717, 1.165) is 6.54 Å². The van der Waals surface area contributed by atoms with Gasteiger partial charge in [-0.1, -0.05) is 0 Å². The molecule has 0 aromatic carbocycles. The summed E-state index contributed by atoms with van der Waals surface area (Å²) in [6.45, 7) is 5.90. The van der Waals surface area contributed by atoms with E-state index in [1.807, 2.05) is 18.7 Å². The molecule has 1 amide bonds. The molecule has 0 bridgehead atoms. The van der Waals surface area contributed by atoms with Gasteiger partial charge in [0, 0.05) is 19.1 Å². The van der Waals surface area contributed by atoms with Gasteiger partial charge in [0.1, 0.15) is 0 Å². The van der Waals surface area contributed by atoms with Gasteiger partial charge in [0.05, 0.1) is 6.54 Å². The summed E-state index contributed by atoms with van der Waals surface area (Å²) in [4.78, 5) is 12.9. The summed E-state index contributed by atoms with van der Waals surface area (Å²) in [5.74, 6) is 0.0409. The molecule has 2 N–H and O–H groups in total. The highest BCUT2D eigenvalue weighted by Gasteiger charge is 2.18. The Hall–Kier alpha value is -0.840. The number of rotatable bonds is 1. The molecule has 5 heteroatoms. The smallest absolute Gasteiger partial charge is 0.239 e. The lowest BCUT2D eigenvalue weighted by molar-refractivity contribution is -0.122. The fourth-order valence-electron chi connectivity index (χ4n) is 1.15. The molecule has 1 aliphatic heterocycles. The summed E-state index contributed by atoms with van der Waals surface area (Å²) in [7, 11) is 0. The Labute approximate surface area is 83.7 Å². The molecule has 1 saturated heterocycles. The molecule has 1 aliphatic rings. The molecule has 1 fully saturated rings. The van der Waals surface area contributed by atoms with E-state index < -0.39 is 0 Å². The molecule has 0 aromatic rings. The number of carbonyl (C=O) groups is 1. The Kier molecular flexibility index (Phi) is 3.48. The van der Waals surface area contributed by atoms with E-state index >= 15 is 0 Å². The van der Waals surface area contributed by atoms with Crippen molar-refractivity contribution in [3.63, 3.8) is 0 Å². The Bertz CT molecular complexity index is 217. The van der Waals surface area contributed by atoms with E-state index in [0.29, 0.717) is 24.2 Å². The molecule has 1 rings (SSSR count). The zero-order valence-electron chi connectivity index (χ0n) is 7.96. The van der Waals surface area contributed by atoms with Crippen molar-refractivity contribution in [2.75, 3.05) is 19.6 Å². The normalized spacial score (nSPS) is 17.2. The van der Waals surface area contributed by atoms with Gasteiger partial charge in [-0.2, -0.15) is 0 Å². The van der Waals surface area contributed by atoms with Crippen LogP contribution in [0.25, 0.3) is 0 Å². The number of carbonyl (C=O) groups excluding carboxylic acids is 1. The predicted octanol–water partition coefficient (Wildman–Crippen LogP) is -0.299. The molecule has 0 spiro atoms. The number of nitrogens with one attached hydrogen (secondary N) is 2. The van der Waals surface area contributed by atoms with Crippen LogP contribution < -0.4 is 10.6 Å². The molecule has 0 atom stereocenters. The van der Waals surface area contributed by atoms with Crippen LogP contribution in [0.5, 0.6) is 0 Å². The summed E-state index contributed by atoms with van der Waals surface area (Å²) in [5.41, 5.74) is 0. The van der Waals surface area contributed by atoms with E-state index in [9.17, 15) is 4.79 Å². The maximum Gasteiger partial charge on any atom is 0.239 e. The van der Waals surface area contributed by atoms with Crippen molar-refractivity contribution in [1.29, 1.82) is 0 Å². The first-order valence-electron chi connectivity index (χ1n) is 4.41. The van der Waals surface area contributed by atoms with Crippen LogP contribution in [0.3, 0.4) is 0 Å². The van der Waals surface area contributed by atoms with Crippen molar-refractivity contribution in [2.24, 2.45) is 0 Å². The van der Waals surface area contributed by atoms with E-state index in [1.54, 1.807) is 0 Å². The first-order chi connectivity index (χ1) is 6.09. The summed E-state index contributed by atoms with van der Waals surface area (Å²) in [5, 5.41) is 6.53. The summed E-state index contributed by atoms with van der Waals surface area (Å²) in [6, 6.07) is 0.317. The molecule has 0 aliphatic carbocycles. The molecule has 74 valence electrons. The second-order valence-electron chi connectivity index (χ2n) is 3.38. The SMILES string of the molecule is CC(C)NC(=S)N1CCNC(=O)C1. The van der Waals surface area contributed by atoms with Crippen LogP contribution in [0.1, 0.15) is 13.8 Å². The molecule has 13 heavy (non-hydrogen) atoms. The van der Waals surface area contributed by atoms with Crippen molar-refractivity contribution < 1.29 is 4.79 Å². The molecule has 0 aromatic heterocycles. The van der Waals surface area contributed by atoms with Crippen molar-refractivity contribution >= 4 is 23.2 Å². The summed E-state index contributed by atoms with van der Waals surface area (Å²) >= 11 is 5.14. The molecule has 0 saturated carbocycles. The quantitative estimate of drug-likeness (QED) is 0.572. The van der Waals surface area contributed by atoms with E-state index in [1.165, 1.54) is 0 Å². The number of hydrogen-bond donors (Lipinski definition) is 2. The maximum absolute atomic E-state index is 11.0. The topological polar surface area (TPSA) is 44.4 Å². The second kappa shape index (κ2) is 4.41. The molecule has 0 radical (unpaired) electrons.